The molecule has 0 unspecified atom stereocenters. The number of hydrogen-bond acceptors (Lipinski definition) is 3. The van der Waals surface area contributed by atoms with Gasteiger partial charge in [-0.1, -0.05) is 52.8 Å². The minimum atomic E-state index is -0.0269. The fourth-order valence-electron chi connectivity index (χ4n) is 2.34. The van der Waals surface area contributed by atoms with Crippen LogP contribution in [0.4, 0.5) is 0 Å². The lowest BCUT2D eigenvalue weighted by molar-refractivity contribution is 0.543. The van der Waals surface area contributed by atoms with Crippen LogP contribution in [0.2, 0.25) is 0 Å². The molecule has 0 saturated carbocycles. The third-order valence-corrected chi connectivity index (χ3v) is 4.65. The van der Waals surface area contributed by atoms with Crippen LogP contribution in [0.15, 0.2) is 24.3 Å². The second-order valence-corrected chi connectivity index (χ2v) is 7.67. The second kappa shape index (κ2) is 4.52. The van der Waals surface area contributed by atoms with Crippen LogP contribution < -0.4 is 0 Å². The van der Waals surface area contributed by atoms with Crippen molar-refractivity contribution in [2.24, 2.45) is 0 Å². The molecule has 3 aromatic rings. The first-order valence-electron chi connectivity index (χ1n) is 7.07. The van der Waals surface area contributed by atoms with Crippen LogP contribution in [0.3, 0.4) is 0 Å². The highest BCUT2D eigenvalue weighted by molar-refractivity contribution is 7.25. The minimum Gasteiger partial charge on any atom is -0.236 e. The molecule has 0 spiro atoms. The third-order valence-electron chi connectivity index (χ3n) is 3.46. The Hall–Kier alpha value is -1.48. The molecule has 2 nitrogen and oxygen atoms in total. The molecule has 0 aliphatic rings. The van der Waals surface area contributed by atoms with E-state index in [0.29, 0.717) is 5.92 Å². The van der Waals surface area contributed by atoms with E-state index in [1.54, 1.807) is 0 Å². The van der Waals surface area contributed by atoms with Gasteiger partial charge in [0, 0.05) is 15.5 Å². The molecule has 2 aromatic heterocycles. The largest absolute Gasteiger partial charge is 0.236 e. The highest BCUT2D eigenvalue weighted by Crippen LogP contribution is 2.37. The van der Waals surface area contributed by atoms with Crippen molar-refractivity contribution in [3.63, 3.8) is 0 Å². The van der Waals surface area contributed by atoms with Crippen LogP contribution in [-0.4, -0.2) is 9.97 Å². The lowest BCUT2D eigenvalue weighted by atomic mass is 9.95. The molecular weight excluding hydrogens is 264 g/mol. The molecule has 1 aromatic carbocycles. The average molecular weight is 284 g/mol. The maximum absolute atomic E-state index is 4.88. The third kappa shape index (κ3) is 2.10. The van der Waals surface area contributed by atoms with E-state index < -0.39 is 0 Å². The molecule has 0 fully saturated rings. The van der Waals surface area contributed by atoms with Gasteiger partial charge in [0.15, 0.2) is 0 Å². The molecule has 3 heteroatoms. The Labute approximate surface area is 123 Å². The molecule has 20 heavy (non-hydrogen) atoms. The van der Waals surface area contributed by atoms with Gasteiger partial charge in [0.05, 0.1) is 15.9 Å². The molecule has 2 heterocycles. The first-order valence-corrected chi connectivity index (χ1v) is 7.89. The fourth-order valence-corrected chi connectivity index (χ4v) is 3.62. The van der Waals surface area contributed by atoms with Crippen LogP contribution in [-0.2, 0) is 5.41 Å². The van der Waals surface area contributed by atoms with Gasteiger partial charge >= 0.3 is 0 Å². The number of aromatic nitrogens is 2. The summed E-state index contributed by atoms with van der Waals surface area (Å²) < 4.78 is 2.54. The predicted octanol–water partition coefficient (Wildman–Crippen LogP) is 5.27. The van der Waals surface area contributed by atoms with Crippen molar-refractivity contribution in [2.75, 3.05) is 0 Å². The van der Waals surface area contributed by atoms with Gasteiger partial charge in [-0.3, -0.25) is 0 Å². The summed E-state index contributed by atoms with van der Waals surface area (Å²) in [6.07, 6.45) is 0. The molecule has 0 radical (unpaired) electrons. The number of thiophene rings is 1. The highest BCUT2D eigenvalue weighted by atomic mass is 32.1. The summed E-state index contributed by atoms with van der Waals surface area (Å²) >= 11 is 1.81. The smallest absolute Gasteiger partial charge is 0.134 e. The van der Waals surface area contributed by atoms with E-state index in [1.165, 1.54) is 20.5 Å². The van der Waals surface area contributed by atoms with E-state index in [-0.39, 0.29) is 5.41 Å². The van der Waals surface area contributed by atoms with E-state index >= 15 is 0 Å². The molecule has 3 rings (SSSR count). The van der Waals surface area contributed by atoms with Crippen molar-refractivity contribution >= 4 is 31.6 Å². The Morgan fingerprint density at radius 3 is 2.40 bits per heavy atom. The number of nitrogens with zero attached hydrogens (tertiary/aromatic N) is 2. The maximum atomic E-state index is 4.88. The quantitative estimate of drug-likeness (QED) is 0.608. The molecular formula is C17H20N2S. The molecule has 0 saturated heterocycles. The van der Waals surface area contributed by atoms with Crippen molar-refractivity contribution in [1.82, 2.24) is 9.97 Å². The summed E-state index contributed by atoms with van der Waals surface area (Å²) in [5, 5.41) is 1.25. The lowest BCUT2D eigenvalue weighted by Crippen LogP contribution is -2.17. The number of rotatable bonds is 1. The van der Waals surface area contributed by atoms with Crippen LogP contribution >= 0.6 is 11.3 Å². The van der Waals surface area contributed by atoms with Gasteiger partial charge in [-0.15, -0.1) is 11.3 Å². The van der Waals surface area contributed by atoms with Gasteiger partial charge in [0.1, 0.15) is 5.82 Å². The predicted molar refractivity (Wildman–Crippen MR) is 87.7 cm³/mol. The molecule has 0 N–H and O–H groups in total. The van der Waals surface area contributed by atoms with Crippen LogP contribution in [0.25, 0.3) is 20.3 Å². The molecule has 0 aliphatic heterocycles. The molecule has 0 amide bonds. The van der Waals surface area contributed by atoms with Crippen molar-refractivity contribution < 1.29 is 0 Å². The lowest BCUT2D eigenvalue weighted by Gasteiger charge is -2.18. The van der Waals surface area contributed by atoms with Crippen molar-refractivity contribution in [2.45, 2.75) is 46.0 Å². The van der Waals surface area contributed by atoms with Gasteiger partial charge in [0.25, 0.3) is 0 Å². The number of fused-ring (bicyclic) bond motifs is 3. The van der Waals surface area contributed by atoms with Crippen molar-refractivity contribution in [3.05, 3.63) is 35.8 Å². The van der Waals surface area contributed by atoms with Gasteiger partial charge < -0.3 is 0 Å². The summed E-state index contributed by atoms with van der Waals surface area (Å²) in [6, 6.07) is 8.51. The molecule has 104 valence electrons. The van der Waals surface area contributed by atoms with Crippen LogP contribution in [0.1, 0.15) is 52.1 Å². The fraction of sp³-hybridized carbons (Fsp3) is 0.412. The Morgan fingerprint density at radius 1 is 1.05 bits per heavy atom. The van der Waals surface area contributed by atoms with E-state index in [9.17, 15) is 0 Å². The number of hydrogen-bond donors (Lipinski definition) is 0. The van der Waals surface area contributed by atoms with E-state index in [1.807, 2.05) is 11.3 Å². The van der Waals surface area contributed by atoms with Gasteiger partial charge in [-0.05, 0) is 12.0 Å². The molecule has 0 bridgehead atoms. The highest BCUT2D eigenvalue weighted by Gasteiger charge is 2.22. The van der Waals surface area contributed by atoms with Crippen LogP contribution in [0.5, 0.6) is 0 Å². The Balaban J connectivity index is 2.45. The SMILES string of the molecule is CC(C)c1nc(C(C)(C)C)nc2c1sc1ccccc12. The zero-order chi connectivity index (χ0) is 14.5. The summed E-state index contributed by atoms with van der Waals surface area (Å²) in [5.41, 5.74) is 2.27. The Bertz CT molecular complexity index is 779. The zero-order valence-electron chi connectivity index (χ0n) is 12.7. The summed E-state index contributed by atoms with van der Waals surface area (Å²) in [4.78, 5) is 9.74. The maximum Gasteiger partial charge on any atom is 0.134 e. The minimum absolute atomic E-state index is 0.0269. The second-order valence-electron chi connectivity index (χ2n) is 6.61. The topological polar surface area (TPSA) is 25.8 Å². The Kier molecular flexibility index (Phi) is 3.05. The van der Waals surface area contributed by atoms with E-state index in [4.69, 9.17) is 9.97 Å². The van der Waals surface area contributed by atoms with Gasteiger partial charge in [-0.2, -0.15) is 0 Å². The van der Waals surface area contributed by atoms with Crippen molar-refractivity contribution in [3.8, 4) is 0 Å². The average Bonchev–Trinajstić information content (AvgIpc) is 2.74. The van der Waals surface area contributed by atoms with Crippen LogP contribution in [0, 0.1) is 0 Å². The zero-order valence-corrected chi connectivity index (χ0v) is 13.5. The van der Waals surface area contributed by atoms with Crippen molar-refractivity contribution in [1.29, 1.82) is 0 Å². The monoisotopic (exact) mass is 284 g/mol. The summed E-state index contributed by atoms with van der Waals surface area (Å²) in [6.45, 7) is 10.9. The van der Waals surface area contributed by atoms with Gasteiger partial charge in [-0.25, -0.2) is 9.97 Å². The molecule has 0 atom stereocenters. The Morgan fingerprint density at radius 2 is 1.75 bits per heavy atom. The summed E-state index contributed by atoms with van der Waals surface area (Å²) in [5.74, 6) is 1.35. The standard InChI is InChI=1S/C17H20N2S/c1-10(2)13-15-14(19-16(18-13)17(3,4)5)11-8-6-7-9-12(11)20-15/h6-10H,1-5H3. The van der Waals surface area contributed by atoms with E-state index in [0.717, 1.165) is 11.3 Å². The summed E-state index contributed by atoms with van der Waals surface area (Å²) in [7, 11) is 0. The first-order chi connectivity index (χ1) is 9.38. The first kappa shape index (κ1) is 13.5. The van der Waals surface area contributed by atoms with E-state index in [2.05, 4.69) is 58.9 Å². The number of benzene rings is 1. The molecule has 0 aliphatic carbocycles. The van der Waals surface area contributed by atoms with Gasteiger partial charge in [0.2, 0.25) is 0 Å². The normalized spacial score (nSPS) is 12.7.